The van der Waals surface area contributed by atoms with Gasteiger partial charge in [0, 0.05) is 5.02 Å². The molecular formula is C13H18ClO5P. The fourth-order valence-electron chi connectivity index (χ4n) is 1.50. The minimum absolute atomic E-state index is 0.204. The van der Waals surface area contributed by atoms with Crippen molar-refractivity contribution >= 4 is 25.0 Å². The number of rotatable bonds is 9. The SMILES string of the molecule is CCOP(=O)(CC(=O)COc1cccc(Cl)c1)OCC. The summed E-state index contributed by atoms with van der Waals surface area (Å²) in [6, 6.07) is 6.70. The van der Waals surface area contributed by atoms with Gasteiger partial charge in [0.15, 0.2) is 5.78 Å². The van der Waals surface area contributed by atoms with Gasteiger partial charge in [-0.15, -0.1) is 0 Å². The van der Waals surface area contributed by atoms with Gasteiger partial charge in [-0.25, -0.2) is 0 Å². The summed E-state index contributed by atoms with van der Waals surface area (Å²) in [5.41, 5.74) is 0. The Morgan fingerprint density at radius 2 is 1.90 bits per heavy atom. The highest BCUT2D eigenvalue weighted by molar-refractivity contribution is 7.54. The second kappa shape index (κ2) is 8.42. The lowest BCUT2D eigenvalue weighted by atomic mass is 10.3. The maximum atomic E-state index is 12.1. The van der Waals surface area contributed by atoms with Crippen LogP contribution in [0.1, 0.15) is 13.8 Å². The molecule has 0 aliphatic rings. The van der Waals surface area contributed by atoms with Crippen molar-refractivity contribution in [2.24, 2.45) is 0 Å². The molecule has 0 saturated heterocycles. The van der Waals surface area contributed by atoms with Crippen molar-refractivity contribution in [2.45, 2.75) is 13.8 Å². The first kappa shape index (κ1) is 17.2. The average molecular weight is 321 g/mol. The van der Waals surface area contributed by atoms with Crippen molar-refractivity contribution in [3.05, 3.63) is 29.3 Å². The normalized spacial score (nSPS) is 11.3. The first-order chi connectivity index (χ1) is 9.49. The summed E-state index contributed by atoms with van der Waals surface area (Å²) >= 11 is 5.80. The van der Waals surface area contributed by atoms with Crippen LogP contribution in [0.3, 0.4) is 0 Å². The lowest BCUT2D eigenvalue weighted by Crippen LogP contribution is -2.17. The van der Waals surface area contributed by atoms with Gasteiger partial charge in [-0.2, -0.15) is 0 Å². The zero-order valence-corrected chi connectivity index (χ0v) is 13.2. The molecule has 20 heavy (non-hydrogen) atoms. The van der Waals surface area contributed by atoms with Gasteiger partial charge in [0.1, 0.15) is 18.5 Å². The number of halogens is 1. The third-order valence-corrected chi connectivity index (χ3v) is 4.50. The zero-order valence-electron chi connectivity index (χ0n) is 11.5. The highest BCUT2D eigenvalue weighted by Gasteiger charge is 2.27. The molecular weight excluding hydrogens is 303 g/mol. The van der Waals surface area contributed by atoms with Crippen LogP contribution in [0.4, 0.5) is 0 Å². The summed E-state index contributed by atoms with van der Waals surface area (Å²) in [4.78, 5) is 11.8. The van der Waals surface area contributed by atoms with Gasteiger partial charge in [-0.3, -0.25) is 9.36 Å². The minimum atomic E-state index is -3.36. The standard InChI is InChI=1S/C13H18ClO5P/c1-3-18-20(16,19-4-2)10-12(15)9-17-13-7-5-6-11(14)8-13/h5-8H,3-4,9-10H2,1-2H3. The molecule has 0 aromatic heterocycles. The summed E-state index contributed by atoms with van der Waals surface area (Å²) < 4.78 is 27.5. The molecule has 0 spiro atoms. The van der Waals surface area contributed by atoms with E-state index in [1.807, 2.05) is 0 Å². The first-order valence-corrected chi connectivity index (χ1v) is 8.38. The number of carbonyl (C=O) groups excluding carboxylic acids is 1. The molecule has 1 aromatic rings. The van der Waals surface area contributed by atoms with E-state index in [0.29, 0.717) is 10.8 Å². The number of hydrogen-bond acceptors (Lipinski definition) is 5. The number of hydrogen-bond donors (Lipinski definition) is 0. The van der Waals surface area contributed by atoms with Crippen molar-refractivity contribution in [1.82, 2.24) is 0 Å². The van der Waals surface area contributed by atoms with Crippen LogP contribution >= 0.6 is 19.2 Å². The van der Waals surface area contributed by atoms with Crippen LogP contribution in [0.5, 0.6) is 5.75 Å². The van der Waals surface area contributed by atoms with E-state index in [9.17, 15) is 9.36 Å². The van der Waals surface area contributed by atoms with Crippen LogP contribution in [0.15, 0.2) is 24.3 Å². The van der Waals surface area contributed by atoms with Crippen LogP contribution in [-0.4, -0.2) is 31.8 Å². The van der Waals surface area contributed by atoms with Gasteiger partial charge in [0.25, 0.3) is 0 Å². The van der Waals surface area contributed by atoms with Crippen molar-refractivity contribution in [3.8, 4) is 5.75 Å². The summed E-state index contributed by atoms with van der Waals surface area (Å²) in [6.45, 7) is 3.63. The topological polar surface area (TPSA) is 61.8 Å². The predicted octanol–water partition coefficient (Wildman–Crippen LogP) is 3.55. The third kappa shape index (κ3) is 6.06. The largest absolute Gasteiger partial charge is 0.486 e. The molecule has 0 bridgehead atoms. The highest BCUT2D eigenvalue weighted by atomic mass is 35.5. The highest BCUT2D eigenvalue weighted by Crippen LogP contribution is 2.47. The number of carbonyl (C=O) groups is 1. The quantitative estimate of drug-likeness (QED) is 0.651. The zero-order chi connectivity index (χ0) is 15.0. The predicted molar refractivity (Wildman–Crippen MR) is 77.7 cm³/mol. The van der Waals surface area contributed by atoms with Crippen LogP contribution in [0, 0.1) is 0 Å². The van der Waals surface area contributed by atoms with Gasteiger partial charge in [-0.05, 0) is 32.0 Å². The lowest BCUT2D eigenvalue weighted by Gasteiger charge is -2.16. The first-order valence-electron chi connectivity index (χ1n) is 6.27. The molecule has 0 unspecified atom stereocenters. The van der Waals surface area contributed by atoms with Crippen LogP contribution in [0.25, 0.3) is 0 Å². The minimum Gasteiger partial charge on any atom is -0.486 e. The molecule has 0 aliphatic heterocycles. The summed E-state index contributed by atoms with van der Waals surface area (Å²) in [7, 11) is -3.36. The Morgan fingerprint density at radius 1 is 1.25 bits per heavy atom. The Morgan fingerprint density at radius 3 is 2.45 bits per heavy atom. The molecule has 7 heteroatoms. The smallest absolute Gasteiger partial charge is 0.338 e. The van der Waals surface area contributed by atoms with Crippen LogP contribution in [0.2, 0.25) is 5.02 Å². The summed E-state index contributed by atoms with van der Waals surface area (Å²) in [5, 5.41) is 0.518. The number of ether oxygens (including phenoxy) is 1. The molecule has 1 aromatic carbocycles. The molecule has 0 fully saturated rings. The van der Waals surface area contributed by atoms with E-state index in [0.717, 1.165) is 0 Å². The molecule has 0 N–H and O–H groups in total. The molecule has 1 rings (SSSR count). The Labute approximate surface area is 123 Å². The second-order valence-electron chi connectivity index (χ2n) is 3.89. The monoisotopic (exact) mass is 320 g/mol. The Kier molecular flexibility index (Phi) is 7.24. The maximum Gasteiger partial charge on any atom is 0.338 e. The van der Waals surface area contributed by atoms with E-state index < -0.39 is 7.60 Å². The van der Waals surface area contributed by atoms with E-state index in [-0.39, 0.29) is 31.8 Å². The van der Waals surface area contributed by atoms with E-state index in [1.54, 1.807) is 38.1 Å². The maximum absolute atomic E-state index is 12.1. The summed E-state index contributed by atoms with van der Waals surface area (Å²) in [5.74, 6) is 0.128. The van der Waals surface area contributed by atoms with Gasteiger partial charge in [0.05, 0.1) is 13.2 Å². The molecule has 0 atom stereocenters. The average Bonchev–Trinajstić information content (AvgIpc) is 2.37. The third-order valence-electron chi connectivity index (χ3n) is 2.22. The van der Waals surface area contributed by atoms with Crippen LogP contribution in [-0.2, 0) is 18.4 Å². The van der Waals surface area contributed by atoms with E-state index in [2.05, 4.69) is 0 Å². The molecule has 0 radical (unpaired) electrons. The summed E-state index contributed by atoms with van der Waals surface area (Å²) in [6.07, 6.45) is -0.296. The molecule has 0 aliphatic carbocycles. The molecule has 0 amide bonds. The molecule has 0 heterocycles. The Bertz CT molecular complexity index is 481. The van der Waals surface area contributed by atoms with Crippen molar-refractivity contribution in [3.63, 3.8) is 0 Å². The number of Topliss-reactive ketones (excluding diaryl/α,β-unsaturated/α-hetero) is 1. The van der Waals surface area contributed by atoms with Crippen LogP contribution < -0.4 is 4.74 Å². The van der Waals surface area contributed by atoms with Crippen molar-refractivity contribution in [2.75, 3.05) is 26.0 Å². The Balaban J connectivity index is 2.52. The van der Waals surface area contributed by atoms with E-state index >= 15 is 0 Å². The van der Waals surface area contributed by atoms with Gasteiger partial charge >= 0.3 is 7.60 Å². The molecule has 0 saturated carbocycles. The van der Waals surface area contributed by atoms with Crippen molar-refractivity contribution in [1.29, 1.82) is 0 Å². The number of benzene rings is 1. The number of ketones is 1. The Hall–Kier alpha value is -0.870. The van der Waals surface area contributed by atoms with Gasteiger partial charge in [0.2, 0.25) is 0 Å². The fraction of sp³-hybridized carbons (Fsp3) is 0.462. The fourth-order valence-corrected chi connectivity index (χ4v) is 3.25. The van der Waals surface area contributed by atoms with E-state index in [1.165, 1.54) is 0 Å². The van der Waals surface area contributed by atoms with Gasteiger partial charge in [-0.1, -0.05) is 17.7 Å². The molecule has 5 nitrogen and oxygen atoms in total. The lowest BCUT2D eigenvalue weighted by molar-refractivity contribution is -0.118. The van der Waals surface area contributed by atoms with Gasteiger partial charge < -0.3 is 13.8 Å². The molecule has 112 valence electrons. The van der Waals surface area contributed by atoms with Crippen molar-refractivity contribution < 1.29 is 23.1 Å². The van der Waals surface area contributed by atoms with E-state index in [4.69, 9.17) is 25.4 Å². The second-order valence-corrected chi connectivity index (χ2v) is 6.38.